The molecule has 3 atom stereocenters. The Morgan fingerprint density at radius 2 is 2.13 bits per heavy atom. The highest BCUT2D eigenvalue weighted by molar-refractivity contribution is 5.78. The zero-order valence-electron chi connectivity index (χ0n) is 13.0. The number of ether oxygens (including phenoxy) is 1. The Hall–Kier alpha value is -2.34. The molecule has 3 unspecified atom stereocenters. The SMILES string of the molecule is COc1ccc(-c2cnn(C(=O)NC3CC4CCC3N4)c2)cc1. The van der Waals surface area contributed by atoms with Crippen molar-refractivity contribution in [2.75, 3.05) is 7.11 Å². The van der Waals surface area contributed by atoms with Crippen LogP contribution in [0.15, 0.2) is 36.7 Å². The van der Waals surface area contributed by atoms with Gasteiger partial charge in [0, 0.05) is 29.9 Å². The minimum absolute atomic E-state index is 0.163. The van der Waals surface area contributed by atoms with E-state index in [2.05, 4.69) is 15.7 Å². The first-order valence-electron chi connectivity index (χ1n) is 7.99. The second kappa shape index (κ2) is 5.70. The van der Waals surface area contributed by atoms with Gasteiger partial charge < -0.3 is 15.4 Å². The summed E-state index contributed by atoms with van der Waals surface area (Å²) >= 11 is 0. The lowest BCUT2D eigenvalue weighted by atomic mass is 9.96. The Morgan fingerprint density at radius 3 is 2.78 bits per heavy atom. The van der Waals surface area contributed by atoms with Crippen molar-refractivity contribution in [3.63, 3.8) is 0 Å². The number of aromatic nitrogens is 2. The first-order valence-corrected chi connectivity index (χ1v) is 7.99. The number of carbonyl (C=O) groups excluding carboxylic acids is 1. The molecule has 2 saturated heterocycles. The third-order valence-electron chi connectivity index (χ3n) is 4.82. The number of methoxy groups -OCH3 is 1. The summed E-state index contributed by atoms with van der Waals surface area (Å²) in [6.45, 7) is 0. The van der Waals surface area contributed by atoms with Gasteiger partial charge in [-0.25, -0.2) is 4.79 Å². The molecular weight excluding hydrogens is 292 g/mol. The molecule has 2 bridgehead atoms. The molecule has 3 heterocycles. The topological polar surface area (TPSA) is 68.2 Å². The second-order valence-electron chi connectivity index (χ2n) is 6.24. The number of benzene rings is 1. The normalized spacial score (nSPS) is 25.5. The number of rotatable bonds is 3. The van der Waals surface area contributed by atoms with Crippen molar-refractivity contribution in [1.29, 1.82) is 0 Å². The predicted molar refractivity (Wildman–Crippen MR) is 86.5 cm³/mol. The molecule has 1 aromatic heterocycles. The van der Waals surface area contributed by atoms with E-state index in [9.17, 15) is 4.79 Å². The standard InChI is InChI=1S/C17H20N4O2/c1-23-14-5-2-11(3-6-14)12-9-18-21(10-12)17(22)20-16-8-13-4-7-15(16)19-13/h2-3,5-6,9-10,13,15-16,19H,4,7-8H2,1H3,(H,20,22). The van der Waals surface area contributed by atoms with Crippen molar-refractivity contribution < 1.29 is 9.53 Å². The lowest BCUT2D eigenvalue weighted by Gasteiger charge is -2.21. The molecule has 0 spiro atoms. The van der Waals surface area contributed by atoms with E-state index in [-0.39, 0.29) is 12.1 Å². The van der Waals surface area contributed by atoms with Gasteiger partial charge in [0.25, 0.3) is 0 Å². The van der Waals surface area contributed by atoms with E-state index < -0.39 is 0 Å². The summed E-state index contributed by atoms with van der Waals surface area (Å²) in [4.78, 5) is 12.4. The third kappa shape index (κ3) is 2.70. The predicted octanol–water partition coefficient (Wildman–Crippen LogP) is 2.01. The smallest absolute Gasteiger partial charge is 0.342 e. The fraction of sp³-hybridized carbons (Fsp3) is 0.412. The Balaban J connectivity index is 1.45. The molecule has 2 aromatic rings. The number of amides is 1. The summed E-state index contributed by atoms with van der Waals surface area (Å²) in [5.41, 5.74) is 1.92. The quantitative estimate of drug-likeness (QED) is 0.910. The van der Waals surface area contributed by atoms with Crippen LogP contribution in [0.3, 0.4) is 0 Å². The Kier molecular flexibility index (Phi) is 3.53. The van der Waals surface area contributed by atoms with Crippen LogP contribution in [0.5, 0.6) is 5.75 Å². The summed E-state index contributed by atoms with van der Waals surface area (Å²) in [5, 5.41) is 10.8. The van der Waals surface area contributed by atoms with E-state index in [0.29, 0.717) is 12.1 Å². The molecule has 4 rings (SSSR count). The zero-order valence-corrected chi connectivity index (χ0v) is 13.0. The third-order valence-corrected chi connectivity index (χ3v) is 4.82. The average Bonchev–Trinajstić information content (AvgIpc) is 3.31. The maximum atomic E-state index is 12.4. The highest BCUT2D eigenvalue weighted by Gasteiger charge is 2.39. The van der Waals surface area contributed by atoms with Crippen molar-refractivity contribution >= 4 is 6.03 Å². The van der Waals surface area contributed by atoms with Crippen LogP contribution in [-0.2, 0) is 0 Å². The minimum Gasteiger partial charge on any atom is -0.497 e. The van der Waals surface area contributed by atoms with E-state index in [1.54, 1.807) is 19.5 Å². The molecule has 0 saturated carbocycles. The van der Waals surface area contributed by atoms with Gasteiger partial charge in [-0.15, -0.1) is 0 Å². The molecule has 1 aromatic carbocycles. The molecule has 2 aliphatic rings. The fourth-order valence-electron chi connectivity index (χ4n) is 3.57. The zero-order chi connectivity index (χ0) is 15.8. The van der Waals surface area contributed by atoms with Crippen molar-refractivity contribution in [2.24, 2.45) is 0 Å². The van der Waals surface area contributed by atoms with Crippen LogP contribution in [-0.4, -0.2) is 41.0 Å². The highest BCUT2D eigenvalue weighted by atomic mass is 16.5. The van der Waals surface area contributed by atoms with Crippen LogP contribution < -0.4 is 15.4 Å². The van der Waals surface area contributed by atoms with E-state index >= 15 is 0 Å². The lowest BCUT2D eigenvalue weighted by molar-refractivity contribution is 0.233. The first kappa shape index (κ1) is 14.3. The van der Waals surface area contributed by atoms with Crippen LogP contribution in [0.25, 0.3) is 11.1 Å². The van der Waals surface area contributed by atoms with Crippen LogP contribution >= 0.6 is 0 Å². The molecule has 1 amide bonds. The number of fused-ring (bicyclic) bond motifs is 2. The molecular formula is C17H20N4O2. The Labute approximate surface area is 134 Å². The Bertz CT molecular complexity index is 710. The maximum Gasteiger partial charge on any atom is 0.342 e. The Morgan fingerprint density at radius 1 is 1.30 bits per heavy atom. The second-order valence-corrected chi connectivity index (χ2v) is 6.24. The van der Waals surface area contributed by atoms with Gasteiger partial charge in [0.15, 0.2) is 0 Å². The van der Waals surface area contributed by atoms with Gasteiger partial charge in [0.05, 0.1) is 13.3 Å². The molecule has 23 heavy (non-hydrogen) atoms. The molecule has 2 aliphatic heterocycles. The van der Waals surface area contributed by atoms with E-state index in [0.717, 1.165) is 29.7 Å². The van der Waals surface area contributed by atoms with Crippen molar-refractivity contribution in [3.8, 4) is 16.9 Å². The summed E-state index contributed by atoms with van der Waals surface area (Å²) in [7, 11) is 1.64. The van der Waals surface area contributed by atoms with E-state index in [1.165, 1.54) is 11.1 Å². The minimum atomic E-state index is -0.163. The number of carbonyl (C=O) groups is 1. The average molecular weight is 312 g/mol. The number of hydrogen-bond donors (Lipinski definition) is 2. The van der Waals surface area contributed by atoms with Crippen LogP contribution in [0, 0.1) is 0 Å². The molecule has 0 radical (unpaired) electrons. The molecule has 2 fully saturated rings. The van der Waals surface area contributed by atoms with Crippen LogP contribution in [0.4, 0.5) is 4.79 Å². The van der Waals surface area contributed by atoms with Gasteiger partial charge in [-0.05, 0) is 37.0 Å². The maximum absolute atomic E-state index is 12.4. The number of nitrogens with one attached hydrogen (secondary N) is 2. The van der Waals surface area contributed by atoms with Crippen molar-refractivity contribution in [3.05, 3.63) is 36.7 Å². The summed E-state index contributed by atoms with van der Waals surface area (Å²) in [6.07, 6.45) is 6.85. The lowest BCUT2D eigenvalue weighted by Crippen LogP contribution is -2.44. The fourth-order valence-corrected chi connectivity index (χ4v) is 3.57. The molecule has 6 heteroatoms. The number of nitrogens with zero attached hydrogens (tertiary/aromatic N) is 2. The van der Waals surface area contributed by atoms with Crippen LogP contribution in [0.1, 0.15) is 19.3 Å². The van der Waals surface area contributed by atoms with Gasteiger partial charge in [0.1, 0.15) is 5.75 Å². The summed E-state index contributed by atoms with van der Waals surface area (Å²) in [5.74, 6) is 0.808. The molecule has 120 valence electrons. The van der Waals surface area contributed by atoms with Gasteiger partial charge in [-0.2, -0.15) is 9.78 Å². The van der Waals surface area contributed by atoms with Gasteiger partial charge in [0.2, 0.25) is 0 Å². The van der Waals surface area contributed by atoms with Crippen LogP contribution in [0.2, 0.25) is 0 Å². The van der Waals surface area contributed by atoms with Gasteiger partial charge in [-0.3, -0.25) is 0 Å². The highest BCUT2D eigenvalue weighted by Crippen LogP contribution is 2.28. The molecule has 0 aliphatic carbocycles. The van der Waals surface area contributed by atoms with Crippen molar-refractivity contribution in [2.45, 2.75) is 37.4 Å². The van der Waals surface area contributed by atoms with E-state index in [4.69, 9.17) is 4.74 Å². The van der Waals surface area contributed by atoms with Crippen molar-refractivity contribution in [1.82, 2.24) is 20.4 Å². The largest absolute Gasteiger partial charge is 0.497 e. The summed E-state index contributed by atoms with van der Waals surface area (Å²) < 4.78 is 6.54. The summed E-state index contributed by atoms with van der Waals surface area (Å²) in [6, 6.07) is 8.74. The van der Waals surface area contributed by atoms with E-state index in [1.807, 2.05) is 24.3 Å². The first-order chi connectivity index (χ1) is 11.2. The van der Waals surface area contributed by atoms with Gasteiger partial charge in [-0.1, -0.05) is 12.1 Å². The monoisotopic (exact) mass is 312 g/mol. The van der Waals surface area contributed by atoms with Gasteiger partial charge >= 0.3 is 6.03 Å². The molecule has 6 nitrogen and oxygen atoms in total. The number of hydrogen-bond acceptors (Lipinski definition) is 4. The molecule has 2 N–H and O–H groups in total.